The minimum absolute atomic E-state index is 0.203. The van der Waals surface area contributed by atoms with E-state index in [1.54, 1.807) is 43.3 Å². The Morgan fingerprint density at radius 2 is 1.42 bits per heavy atom. The number of hydrogen-bond acceptors (Lipinski definition) is 5. The number of hydrogen-bond donors (Lipinski definition) is 1. The minimum Gasteiger partial charge on any atom is -0.465 e. The summed E-state index contributed by atoms with van der Waals surface area (Å²) in [7, 11) is -4.00. The average molecular weight is 439 g/mol. The molecule has 0 aliphatic heterocycles. The van der Waals surface area contributed by atoms with Crippen LogP contribution in [0.25, 0.3) is 0 Å². The molecule has 0 aromatic heterocycles. The Hall–Kier alpha value is -3.08. The van der Waals surface area contributed by atoms with Crippen LogP contribution in [-0.2, 0) is 20.5 Å². The lowest BCUT2D eigenvalue weighted by molar-refractivity contribution is -0.145. The number of esters is 1. The molecule has 0 fully saturated rings. The first-order valence-corrected chi connectivity index (χ1v) is 11.6. The molecule has 0 radical (unpaired) electrons. The van der Waals surface area contributed by atoms with Crippen molar-refractivity contribution in [3.05, 3.63) is 96.1 Å². The monoisotopic (exact) mass is 439 g/mol. The van der Waals surface area contributed by atoms with Crippen molar-refractivity contribution in [1.29, 1.82) is 0 Å². The van der Waals surface area contributed by atoms with Crippen molar-refractivity contribution in [2.24, 2.45) is 0 Å². The molecular weight excluding hydrogens is 413 g/mol. The van der Waals surface area contributed by atoms with E-state index in [2.05, 4.69) is 5.09 Å². The van der Waals surface area contributed by atoms with Gasteiger partial charge in [-0.05, 0) is 50.1 Å². The third-order valence-electron chi connectivity index (χ3n) is 4.38. The van der Waals surface area contributed by atoms with Crippen molar-refractivity contribution in [2.45, 2.75) is 26.3 Å². The Bertz CT molecular complexity index is 1010. The van der Waals surface area contributed by atoms with Gasteiger partial charge in [0.05, 0.1) is 6.61 Å². The summed E-state index contributed by atoms with van der Waals surface area (Å²) < 4.78 is 30.5. The largest absolute Gasteiger partial charge is 0.513 e. The van der Waals surface area contributed by atoms with Crippen molar-refractivity contribution in [2.75, 3.05) is 6.61 Å². The maximum Gasteiger partial charge on any atom is 0.513 e. The van der Waals surface area contributed by atoms with Crippen LogP contribution < -0.4 is 14.1 Å². The van der Waals surface area contributed by atoms with Gasteiger partial charge in [0.25, 0.3) is 0 Å². The standard InChI is InChI=1S/C24H26NO5P/c1-3-28-24(26)23(18-20-10-6-4-7-11-20)25-31(27,29-21-12-8-5-9-13-21)30-22-16-14-19(2)15-17-22/h4-17,23H,3,18H2,1-2H3,(H,25,27)/t23-,31?/m0/s1. The summed E-state index contributed by atoms with van der Waals surface area (Å²) in [5.74, 6) is 0.184. The molecule has 0 saturated carbocycles. The average Bonchev–Trinajstić information content (AvgIpc) is 2.76. The van der Waals surface area contributed by atoms with E-state index in [1.165, 1.54) is 0 Å². The second kappa shape index (κ2) is 10.8. The summed E-state index contributed by atoms with van der Waals surface area (Å²) in [4.78, 5) is 12.7. The van der Waals surface area contributed by atoms with Gasteiger partial charge in [-0.25, -0.2) is 4.57 Å². The Labute approximate surface area is 182 Å². The second-order valence-electron chi connectivity index (χ2n) is 6.93. The van der Waals surface area contributed by atoms with Crippen LogP contribution in [0.15, 0.2) is 84.9 Å². The molecule has 0 amide bonds. The fourth-order valence-corrected chi connectivity index (χ4v) is 4.41. The number of carbonyl (C=O) groups is 1. The smallest absolute Gasteiger partial charge is 0.465 e. The van der Waals surface area contributed by atoms with E-state index in [0.717, 1.165) is 11.1 Å². The molecule has 162 valence electrons. The Morgan fingerprint density at radius 3 is 2.00 bits per heavy atom. The topological polar surface area (TPSA) is 73.9 Å². The molecule has 3 aromatic rings. The lowest BCUT2D eigenvalue weighted by Crippen LogP contribution is -2.40. The quantitative estimate of drug-likeness (QED) is 0.340. The van der Waals surface area contributed by atoms with Gasteiger partial charge < -0.3 is 13.8 Å². The van der Waals surface area contributed by atoms with Crippen molar-refractivity contribution in [3.8, 4) is 11.5 Å². The molecule has 0 heterocycles. The first-order chi connectivity index (χ1) is 15.0. The summed E-state index contributed by atoms with van der Waals surface area (Å²) in [6, 6.07) is 24.3. The van der Waals surface area contributed by atoms with E-state index in [0.29, 0.717) is 11.5 Å². The van der Waals surface area contributed by atoms with Crippen LogP contribution >= 0.6 is 7.75 Å². The highest BCUT2D eigenvalue weighted by Crippen LogP contribution is 2.45. The maximum atomic E-state index is 13.8. The molecule has 0 bridgehead atoms. The molecule has 3 aromatic carbocycles. The zero-order valence-corrected chi connectivity index (χ0v) is 18.5. The van der Waals surface area contributed by atoms with Gasteiger partial charge in [-0.2, -0.15) is 5.09 Å². The Balaban J connectivity index is 1.89. The molecule has 2 atom stereocenters. The third-order valence-corrected chi connectivity index (χ3v) is 5.91. The Morgan fingerprint density at radius 1 is 0.871 bits per heavy atom. The van der Waals surface area contributed by atoms with Gasteiger partial charge in [0.1, 0.15) is 17.5 Å². The number of nitrogens with one attached hydrogen (secondary N) is 1. The first-order valence-electron chi connectivity index (χ1n) is 10.1. The van der Waals surface area contributed by atoms with Crippen molar-refractivity contribution < 1.29 is 23.1 Å². The number of benzene rings is 3. The van der Waals surface area contributed by atoms with E-state index in [-0.39, 0.29) is 13.0 Å². The maximum absolute atomic E-state index is 13.8. The van der Waals surface area contributed by atoms with E-state index in [1.807, 2.05) is 55.5 Å². The van der Waals surface area contributed by atoms with Crippen molar-refractivity contribution in [1.82, 2.24) is 5.09 Å². The zero-order chi connectivity index (χ0) is 22.1. The van der Waals surface area contributed by atoms with E-state index in [9.17, 15) is 9.36 Å². The number of ether oxygens (including phenoxy) is 1. The van der Waals surface area contributed by atoms with Crippen molar-refractivity contribution >= 4 is 13.7 Å². The van der Waals surface area contributed by atoms with E-state index < -0.39 is 19.8 Å². The molecule has 0 aliphatic rings. The Kier molecular flexibility index (Phi) is 7.88. The lowest BCUT2D eigenvalue weighted by Gasteiger charge is -2.25. The fourth-order valence-electron chi connectivity index (χ4n) is 2.89. The number of para-hydroxylation sites is 1. The highest BCUT2D eigenvalue weighted by molar-refractivity contribution is 7.52. The minimum atomic E-state index is -4.00. The first kappa shape index (κ1) is 22.6. The molecule has 1 N–H and O–H groups in total. The third kappa shape index (κ3) is 6.99. The molecule has 0 spiro atoms. The normalized spacial score (nSPS) is 13.6. The summed E-state index contributed by atoms with van der Waals surface area (Å²) in [6.45, 7) is 3.87. The van der Waals surface area contributed by atoms with Crippen LogP contribution in [0.5, 0.6) is 11.5 Å². The van der Waals surface area contributed by atoms with Gasteiger partial charge in [0.15, 0.2) is 0 Å². The molecular formula is C24H26NO5P. The highest BCUT2D eigenvalue weighted by Gasteiger charge is 2.36. The van der Waals surface area contributed by atoms with Crippen LogP contribution in [-0.4, -0.2) is 18.6 Å². The van der Waals surface area contributed by atoms with E-state index in [4.69, 9.17) is 13.8 Å². The van der Waals surface area contributed by atoms with Crippen LogP contribution in [0, 0.1) is 6.92 Å². The lowest BCUT2D eigenvalue weighted by atomic mass is 10.1. The van der Waals surface area contributed by atoms with Crippen LogP contribution in [0.1, 0.15) is 18.1 Å². The number of rotatable bonds is 10. The predicted molar refractivity (Wildman–Crippen MR) is 120 cm³/mol. The van der Waals surface area contributed by atoms with Gasteiger partial charge >= 0.3 is 13.7 Å². The number of aryl methyl sites for hydroxylation is 1. The molecule has 3 rings (SSSR count). The molecule has 31 heavy (non-hydrogen) atoms. The summed E-state index contributed by atoms with van der Waals surface area (Å²) in [6.07, 6.45) is 0.263. The molecule has 1 unspecified atom stereocenters. The molecule has 0 saturated heterocycles. The highest BCUT2D eigenvalue weighted by atomic mass is 31.2. The van der Waals surface area contributed by atoms with Crippen LogP contribution in [0.4, 0.5) is 0 Å². The molecule has 6 nitrogen and oxygen atoms in total. The SMILES string of the molecule is CCOC(=O)[C@H](Cc1ccccc1)NP(=O)(Oc1ccccc1)Oc1ccc(C)cc1. The predicted octanol–water partition coefficient (Wildman–Crippen LogP) is 5.32. The second-order valence-corrected chi connectivity index (χ2v) is 8.55. The fraction of sp³-hybridized carbons (Fsp3) is 0.208. The molecule has 7 heteroatoms. The summed E-state index contributed by atoms with van der Waals surface area (Å²) >= 11 is 0. The number of carbonyl (C=O) groups excluding carboxylic acids is 1. The van der Waals surface area contributed by atoms with Gasteiger partial charge in [0.2, 0.25) is 0 Å². The van der Waals surface area contributed by atoms with Gasteiger partial charge in [-0.15, -0.1) is 0 Å². The van der Waals surface area contributed by atoms with Gasteiger partial charge in [-0.1, -0.05) is 66.2 Å². The zero-order valence-electron chi connectivity index (χ0n) is 17.6. The van der Waals surface area contributed by atoms with Crippen LogP contribution in [0.3, 0.4) is 0 Å². The summed E-state index contributed by atoms with van der Waals surface area (Å²) in [5, 5.41) is 2.81. The van der Waals surface area contributed by atoms with Gasteiger partial charge in [0, 0.05) is 0 Å². The summed E-state index contributed by atoms with van der Waals surface area (Å²) in [5.41, 5.74) is 1.92. The van der Waals surface area contributed by atoms with Crippen molar-refractivity contribution in [3.63, 3.8) is 0 Å². The molecule has 0 aliphatic carbocycles. The van der Waals surface area contributed by atoms with Gasteiger partial charge in [-0.3, -0.25) is 4.79 Å². The van der Waals surface area contributed by atoms with E-state index >= 15 is 0 Å². The van der Waals surface area contributed by atoms with Crippen LogP contribution in [0.2, 0.25) is 0 Å².